The van der Waals surface area contributed by atoms with Crippen LogP contribution in [0.3, 0.4) is 0 Å². The Labute approximate surface area is 155 Å². The maximum atomic E-state index is 13.6. The molecular formula is C19H18ClFN4O. The van der Waals surface area contributed by atoms with Crippen LogP contribution in [0.25, 0.3) is 11.5 Å². The molecular weight excluding hydrogens is 355 g/mol. The first-order valence-electron chi connectivity index (χ1n) is 8.23. The highest BCUT2D eigenvalue weighted by Crippen LogP contribution is 2.21. The molecule has 2 aromatic heterocycles. The van der Waals surface area contributed by atoms with Crippen molar-refractivity contribution < 1.29 is 9.50 Å². The topological polar surface area (TPSA) is 70.9 Å². The van der Waals surface area contributed by atoms with Gasteiger partial charge in [-0.3, -0.25) is 4.98 Å². The smallest absolute Gasteiger partial charge is 0.180 e. The lowest BCUT2D eigenvalue weighted by Gasteiger charge is -2.14. The molecule has 0 amide bonds. The van der Waals surface area contributed by atoms with Crippen molar-refractivity contribution in [2.45, 2.75) is 19.4 Å². The van der Waals surface area contributed by atoms with Gasteiger partial charge in [0.05, 0.1) is 11.1 Å². The molecule has 3 aromatic rings. The van der Waals surface area contributed by atoms with Gasteiger partial charge in [0.1, 0.15) is 17.3 Å². The molecule has 0 aliphatic heterocycles. The Morgan fingerprint density at radius 2 is 2.04 bits per heavy atom. The predicted molar refractivity (Wildman–Crippen MR) is 99.5 cm³/mol. The van der Waals surface area contributed by atoms with Gasteiger partial charge in [-0.15, -0.1) is 0 Å². The van der Waals surface area contributed by atoms with Crippen molar-refractivity contribution >= 4 is 17.4 Å². The number of hydrogen-bond donors (Lipinski definition) is 2. The van der Waals surface area contributed by atoms with Crippen molar-refractivity contribution in [3.05, 3.63) is 70.8 Å². The summed E-state index contributed by atoms with van der Waals surface area (Å²) in [7, 11) is 0. The van der Waals surface area contributed by atoms with Crippen LogP contribution in [0.15, 0.2) is 48.7 Å². The molecule has 0 aliphatic carbocycles. The molecule has 1 atom stereocenters. The minimum Gasteiger partial charge on any atom is -0.387 e. The summed E-state index contributed by atoms with van der Waals surface area (Å²) in [5.41, 5.74) is 1.97. The Morgan fingerprint density at radius 3 is 2.73 bits per heavy atom. The van der Waals surface area contributed by atoms with E-state index in [1.807, 2.05) is 31.2 Å². The van der Waals surface area contributed by atoms with E-state index in [2.05, 4.69) is 20.3 Å². The zero-order chi connectivity index (χ0) is 18.5. The normalized spacial score (nSPS) is 12.0. The molecule has 5 nitrogen and oxygen atoms in total. The average molecular weight is 373 g/mol. The van der Waals surface area contributed by atoms with Crippen LogP contribution in [-0.4, -0.2) is 26.6 Å². The van der Waals surface area contributed by atoms with Gasteiger partial charge in [-0.1, -0.05) is 30.7 Å². The fourth-order valence-electron chi connectivity index (χ4n) is 2.42. The summed E-state index contributed by atoms with van der Waals surface area (Å²) in [5, 5.41) is 13.4. The number of halogens is 2. The van der Waals surface area contributed by atoms with Gasteiger partial charge in [0, 0.05) is 24.5 Å². The van der Waals surface area contributed by atoms with Gasteiger partial charge >= 0.3 is 0 Å². The maximum Gasteiger partial charge on any atom is 0.180 e. The fraction of sp³-hybridized carbons (Fsp3) is 0.211. The van der Waals surface area contributed by atoms with Crippen LogP contribution >= 0.6 is 11.6 Å². The van der Waals surface area contributed by atoms with E-state index >= 15 is 0 Å². The van der Waals surface area contributed by atoms with Gasteiger partial charge in [-0.2, -0.15) is 0 Å². The summed E-state index contributed by atoms with van der Waals surface area (Å²) in [5.74, 6) is 0.529. The summed E-state index contributed by atoms with van der Waals surface area (Å²) in [6.45, 7) is 2.17. The van der Waals surface area contributed by atoms with Crippen LogP contribution in [0.2, 0.25) is 5.02 Å². The Hall–Kier alpha value is -2.57. The predicted octanol–water partition coefficient (Wildman–Crippen LogP) is 4.04. The molecule has 26 heavy (non-hydrogen) atoms. The van der Waals surface area contributed by atoms with Gasteiger partial charge in [-0.25, -0.2) is 14.4 Å². The van der Waals surface area contributed by atoms with Crippen molar-refractivity contribution in [3.63, 3.8) is 0 Å². The molecule has 0 fully saturated rings. The quantitative estimate of drug-likeness (QED) is 0.683. The van der Waals surface area contributed by atoms with Crippen LogP contribution in [0.1, 0.15) is 24.3 Å². The summed E-state index contributed by atoms with van der Waals surface area (Å²) in [6.07, 6.45) is 1.52. The van der Waals surface area contributed by atoms with E-state index in [-0.39, 0.29) is 11.6 Å². The molecule has 1 unspecified atom stereocenters. The molecule has 1 aromatic carbocycles. The Bertz CT molecular complexity index is 892. The standard InChI is InChI=1S/C19H18ClFN4O/c1-2-13-10-18(25-19(24-13)16-5-3-4-8-22-16)23-11-17(26)12-6-7-14(20)15(21)9-12/h3-10,17,26H,2,11H2,1H3,(H,23,24,25). The number of aliphatic hydroxyl groups excluding tert-OH is 1. The third kappa shape index (κ3) is 4.33. The minimum absolute atomic E-state index is 0.0253. The van der Waals surface area contributed by atoms with E-state index in [0.717, 1.165) is 12.1 Å². The molecule has 0 aliphatic rings. The van der Waals surface area contributed by atoms with Crippen molar-refractivity contribution in [3.8, 4) is 11.5 Å². The number of aryl methyl sites for hydroxylation is 1. The number of rotatable bonds is 6. The Balaban J connectivity index is 1.77. The number of hydrogen-bond acceptors (Lipinski definition) is 5. The summed E-state index contributed by atoms with van der Waals surface area (Å²) >= 11 is 5.67. The zero-order valence-electron chi connectivity index (χ0n) is 14.2. The second-order valence-electron chi connectivity index (χ2n) is 5.71. The van der Waals surface area contributed by atoms with E-state index in [9.17, 15) is 9.50 Å². The zero-order valence-corrected chi connectivity index (χ0v) is 14.9. The van der Waals surface area contributed by atoms with Gasteiger partial charge in [-0.05, 0) is 36.2 Å². The first-order valence-corrected chi connectivity index (χ1v) is 8.61. The molecule has 0 saturated heterocycles. The monoisotopic (exact) mass is 372 g/mol. The third-order valence-electron chi connectivity index (χ3n) is 3.84. The molecule has 0 bridgehead atoms. The lowest BCUT2D eigenvalue weighted by molar-refractivity contribution is 0.191. The molecule has 0 spiro atoms. The summed E-state index contributed by atoms with van der Waals surface area (Å²) in [4.78, 5) is 13.2. The van der Waals surface area contributed by atoms with Crippen molar-refractivity contribution in [1.82, 2.24) is 15.0 Å². The van der Waals surface area contributed by atoms with E-state index in [4.69, 9.17) is 11.6 Å². The van der Waals surface area contributed by atoms with Crippen LogP contribution in [0.4, 0.5) is 10.2 Å². The van der Waals surface area contributed by atoms with Crippen molar-refractivity contribution in [1.29, 1.82) is 0 Å². The maximum absolute atomic E-state index is 13.6. The molecule has 2 N–H and O–H groups in total. The molecule has 3 rings (SSSR count). The minimum atomic E-state index is -0.903. The number of benzene rings is 1. The second kappa shape index (κ2) is 8.21. The molecule has 7 heteroatoms. The van der Waals surface area contributed by atoms with E-state index in [1.54, 1.807) is 12.3 Å². The van der Waals surface area contributed by atoms with Crippen LogP contribution < -0.4 is 5.32 Å². The van der Waals surface area contributed by atoms with Gasteiger partial charge in [0.2, 0.25) is 0 Å². The lowest BCUT2D eigenvalue weighted by Crippen LogP contribution is -2.14. The number of nitrogens with one attached hydrogen (secondary N) is 1. The SMILES string of the molecule is CCc1cc(NCC(O)c2ccc(Cl)c(F)c2)nc(-c2ccccn2)n1. The first kappa shape index (κ1) is 18.2. The number of aliphatic hydroxyl groups is 1. The molecule has 2 heterocycles. The van der Waals surface area contributed by atoms with Crippen molar-refractivity contribution in [2.24, 2.45) is 0 Å². The summed E-state index contributed by atoms with van der Waals surface area (Å²) < 4.78 is 13.6. The van der Waals surface area contributed by atoms with Gasteiger partial charge in [0.25, 0.3) is 0 Å². The van der Waals surface area contributed by atoms with E-state index in [0.29, 0.717) is 22.9 Å². The highest BCUT2D eigenvalue weighted by molar-refractivity contribution is 6.30. The number of aromatic nitrogens is 3. The summed E-state index contributed by atoms with van der Waals surface area (Å²) in [6, 6.07) is 11.6. The van der Waals surface area contributed by atoms with Crippen LogP contribution in [-0.2, 0) is 6.42 Å². The van der Waals surface area contributed by atoms with Crippen LogP contribution in [0, 0.1) is 5.82 Å². The van der Waals surface area contributed by atoms with E-state index in [1.165, 1.54) is 12.1 Å². The third-order valence-corrected chi connectivity index (χ3v) is 4.15. The number of anilines is 1. The Morgan fingerprint density at radius 1 is 1.19 bits per heavy atom. The number of nitrogens with zero attached hydrogens (tertiary/aromatic N) is 3. The Kier molecular flexibility index (Phi) is 5.75. The second-order valence-corrected chi connectivity index (χ2v) is 6.11. The molecule has 0 radical (unpaired) electrons. The van der Waals surface area contributed by atoms with Gasteiger partial charge < -0.3 is 10.4 Å². The molecule has 134 valence electrons. The lowest BCUT2D eigenvalue weighted by atomic mass is 10.1. The average Bonchev–Trinajstić information content (AvgIpc) is 2.68. The van der Waals surface area contributed by atoms with Crippen molar-refractivity contribution in [2.75, 3.05) is 11.9 Å². The molecule has 0 saturated carbocycles. The van der Waals surface area contributed by atoms with Crippen LogP contribution in [0.5, 0.6) is 0 Å². The van der Waals surface area contributed by atoms with E-state index < -0.39 is 11.9 Å². The highest BCUT2D eigenvalue weighted by Gasteiger charge is 2.12. The fourth-order valence-corrected chi connectivity index (χ4v) is 2.54. The first-order chi connectivity index (χ1) is 12.6. The van der Waals surface area contributed by atoms with Gasteiger partial charge in [0.15, 0.2) is 5.82 Å². The number of pyridine rings is 1. The largest absolute Gasteiger partial charge is 0.387 e. The highest BCUT2D eigenvalue weighted by atomic mass is 35.5.